The van der Waals surface area contributed by atoms with Crippen molar-refractivity contribution in [2.75, 3.05) is 13.2 Å². The molecule has 0 unspecified atom stereocenters. The first-order chi connectivity index (χ1) is 14.8. The zero-order chi connectivity index (χ0) is 22.6. The molecule has 0 aromatic heterocycles. The van der Waals surface area contributed by atoms with Gasteiger partial charge in [0, 0.05) is 20.1 Å². The summed E-state index contributed by atoms with van der Waals surface area (Å²) in [5.74, 6) is -0.754. The smallest absolute Gasteiger partial charge is 0.376 e. The molecule has 0 radical (unpaired) electrons. The Labute approximate surface area is 199 Å². The zero-order valence-electron chi connectivity index (χ0n) is 16.3. The summed E-state index contributed by atoms with van der Waals surface area (Å²) in [4.78, 5) is 26.5. The van der Waals surface area contributed by atoms with Crippen LogP contribution >= 0.6 is 46.4 Å². The van der Waals surface area contributed by atoms with Crippen LogP contribution in [0.25, 0.3) is 12.2 Å². The standard InChI is InChI=1S/C21H18Cl4N2O4/c1-14(26-29-6-2-4-15-8-17(22)12-18(23)9-15)21(28)31-27-30-7-3-5-16-10-19(24)13-20(25)11-16/h2-5,8-13,27H,6-7H2,1H3/b4-2+,5-3+,26-14?. The molecule has 2 aromatic rings. The minimum atomic E-state index is -0.754. The van der Waals surface area contributed by atoms with Gasteiger partial charge in [-0.25, -0.2) is 4.79 Å². The molecule has 0 bridgehead atoms. The number of oxime groups is 1. The largest absolute Gasteiger partial charge is 0.391 e. The summed E-state index contributed by atoms with van der Waals surface area (Å²) in [5.41, 5.74) is 3.71. The van der Waals surface area contributed by atoms with E-state index in [-0.39, 0.29) is 18.9 Å². The third-order valence-corrected chi connectivity index (χ3v) is 4.30. The summed E-state index contributed by atoms with van der Waals surface area (Å²) in [7, 11) is 0. The summed E-state index contributed by atoms with van der Waals surface area (Å²) in [6.07, 6.45) is 6.91. The number of hydrogen-bond acceptors (Lipinski definition) is 6. The lowest BCUT2D eigenvalue weighted by molar-refractivity contribution is -0.180. The van der Waals surface area contributed by atoms with E-state index in [4.69, 9.17) is 60.9 Å². The van der Waals surface area contributed by atoms with Crippen molar-refractivity contribution in [1.29, 1.82) is 0 Å². The topological polar surface area (TPSA) is 69.2 Å². The first-order valence-corrected chi connectivity index (χ1v) is 10.3. The Kier molecular flexibility index (Phi) is 10.9. The van der Waals surface area contributed by atoms with Crippen LogP contribution in [-0.2, 0) is 19.3 Å². The van der Waals surface area contributed by atoms with Gasteiger partial charge in [0.15, 0.2) is 5.71 Å². The first-order valence-electron chi connectivity index (χ1n) is 8.83. The lowest BCUT2D eigenvalue weighted by atomic mass is 10.2. The Hall–Kier alpha value is -2.06. The fourth-order valence-corrected chi connectivity index (χ4v) is 3.23. The molecule has 0 saturated heterocycles. The molecule has 31 heavy (non-hydrogen) atoms. The van der Waals surface area contributed by atoms with Crippen molar-refractivity contribution in [2.45, 2.75) is 6.92 Å². The van der Waals surface area contributed by atoms with E-state index < -0.39 is 5.97 Å². The van der Waals surface area contributed by atoms with Crippen LogP contribution in [0.3, 0.4) is 0 Å². The minimum Gasteiger partial charge on any atom is -0.391 e. The monoisotopic (exact) mass is 502 g/mol. The summed E-state index contributed by atoms with van der Waals surface area (Å²) in [6, 6.07) is 10.3. The Morgan fingerprint density at radius 2 is 1.35 bits per heavy atom. The molecule has 0 fully saturated rings. The van der Waals surface area contributed by atoms with Gasteiger partial charge in [0.2, 0.25) is 0 Å². The van der Waals surface area contributed by atoms with E-state index in [9.17, 15) is 4.79 Å². The average molecular weight is 504 g/mol. The second kappa shape index (κ2) is 13.4. The number of nitrogens with zero attached hydrogens (tertiary/aromatic N) is 1. The maximum atomic E-state index is 11.8. The van der Waals surface area contributed by atoms with Crippen molar-refractivity contribution in [1.82, 2.24) is 5.64 Å². The molecule has 2 rings (SSSR count). The Balaban J connectivity index is 1.65. The number of benzene rings is 2. The third-order valence-electron chi connectivity index (χ3n) is 3.43. The maximum Gasteiger partial charge on any atom is 0.376 e. The van der Waals surface area contributed by atoms with Crippen LogP contribution in [0.4, 0.5) is 0 Å². The van der Waals surface area contributed by atoms with Crippen molar-refractivity contribution in [3.8, 4) is 0 Å². The van der Waals surface area contributed by atoms with Crippen LogP contribution in [0, 0.1) is 0 Å². The van der Waals surface area contributed by atoms with Crippen molar-refractivity contribution < 1.29 is 19.3 Å². The zero-order valence-corrected chi connectivity index (χ0v) is 19.3. The molecule has 0 aliphatic heterocycles. The van der Waals surface area contributed by atoms with Crippen molar-refractivity contribution in [2.24, 2.45) is 5.16 Å². The van der Waals surface area contributed by atoms with Gasteiger partial charge in [0.1, 0.15) is 6.61 Å². The fourth-order valence-electron chi connectivity index (χ4n) is 2.15. The highest BCUT2D eigenvalue weighted by molar-refractivity contribution is 6.35. The van der Waals surface area contributed by atoms with E-state index >= 15 is 0 Å². The molecule has 6 nitrogen and oxygen atoms in total. The number of halogens is 4. The number of carbonyl (C=O) groups is 1. The van der Waals surface area contributed by atoms with Crippen molar-refractivity contribution >= 4 is 70.2 Å². The third kappa shape index (κ3) is 10.2. The number of rotatable bonds is 10. The van der Waals surface area contributed by atoms with Crippen LogP contribution in [-0.4, -0.2) is 24.9 Å². The van der Waals surface area contributed by atoms with Gasteiger partial charge in [-0.05, 0) is 66.2 Å². The van der Waals surface area contributed by atoms with Gasteiger partial charge in [-0.15, -0.1) is 0 Å². The molecular weight excluding hydrogens is 486 g/mol. The molecule has 164 valence electrons. The van der Waals surface area contributed by atoms with E-state index in [1.54, 1.807) is 60.7 Å². The molecule has 0 atom stereocenters. The van der Waals surface area contributed by atoms with Gasteiger partial charge in [0.25, 0.3) is 0 Å². The molecule has 0 saturated carbocycles. The number of carbonyl (C=O) groups excluding carboxylic acids is 1. The lowest BCUT2D eigenvalue weighted by Gasteiger charge is -2.04. The van der Waals surface area contributed by atoms with Crippen molar-refractivity contribution in [3.05, 3.63) is 79.8 Å². The van der Waals surface area contributed by atoms with Gasteiger partial charge < -0.3 is 9.68 Å². The molecule has 0 heterocycles. The summed E-state index contributed by atoms with van der Waals surface area (Å²) < 4.78 is 0. The van der Waals surface area contributed by atoms with E-state index in [0.29, 0.717) is 20.1 Å². The van der Waals surface area contributed by atoms with Gasteiger partial charge in [-0.1, -0.05) is 69.8 Å². The van der Waals surface area contributed by atoms with Crippen LogP contribution in [0.1, 0.15) is 18.1 Å². The predicted octanol–water partition coefficient (Wildman–Crippen LogP) is 6.40. The summed E-state index contributed by atoms with van der Waals surface area (Å²) in [5, 5.41) is 5.79. The normalized spacial score (nSPS) is 12.0. The van der Waals surface area contributed by atoms with Crippen molar-refractivity contribution in [3.63, 3.8) is 0 Å². The van der Waals surface area contributed by atoms with Crippen LogP contribution in [0.15, 0.2) is 53.7 Å². The Morgan fingerprint density at radius 1 is 0.871 bits per heavy atom. The van der Waals surface area contributed by atoms with Gasteiger partial charge in [-0.2, -0.15) is 0 Å². The molecule has 2 aromatic carbocycles. The SMILES string of the molecule is CC(=NOC/C=C/c1cc(Cl)cc(Cl)c1)C(=O)ONOC/C=C/c1cc(Cl)cc(Cl)c1. The first kappa shape index (κ1) is 25.2. The highest BCUT2D eigenvalue weighted by Gasteiger charge is 2.08. The number of hydrogen-bond donors (Lipinski definition) is 1. The second-order valence-electron chi connectivity index (χ2n) is 5.97. The summed E-state index contributed by atoms with van der Waals surface area (Å²) >= 11 is 23.7. The highest BCUT2D eigenvalue weighted by atomic mass is 35.5. The molecule has 0 aliphatic rings. The molecule has 0 spiro atoms. The predicted molar refractivity (Wildman–Crippen MR) is 125 cm³/mol. The summed E-state index contributed by atoms with van der Waals surface area (Å²) in [6.45, 7) is 1.70. The maximum absolute atomic E-state index is 11.8. The average Bonchev–Trinajstić information content (AvgIpc) is 2.68. The molecular formula is C21H18Cl4N2O4. The van der Waals surface area contributed by atoms with E-state index in [2.05, 4.69) is 10.8 Å². The fraction of sp³-hybridized carbons (Fsp3) is 0.143. The van der Waals surface area contributed by atoms with Gasteiger partial charge >= 0.3 is 5.97 Å². The molecule has 1 N–H and O–H groups in total. The Bertz CT molecular complexity index is 953. The van der Waals surface area contributed by atoms with Gasteiger partial charge in [-0.3, -0.25) is 4.84 Å². The molecule has 10 heteroatoms. The van der Waals surface area contributed by atoms with Gasteiger partial charge in [0.05, 0.1) is 6.61 Å². The quantitative estimate of drug-likeness (QED) is 0.231. The number of nitrogens with one attached hydrogen (secondary N) is 1. The second-order valence-corrected chi connectivity index (χ2v) is 7.71. The van der Waals surface area contributed by atoms with E-state index in [1.165, 1.54) is 6.92 Å². The molecule has 0 aliphatic carbocycles. The van der Waals surface area contributed by atoms with Crippen LogP contribution in [0.5, 0.6) is 0 Å². The van der Waals surface area contributed by atoms with E-state index in [1.807, 2.05) is 0 Å². The lowest BCUT2D eigenvalue weighted by Crippen LogP contribution is -2.25. The van der Waals surface area contributed by atoms with E-state index in [0.717, 1.165) is 11.1 Å². The van der Waals surface area contributed by atoms with Crippen LogP contribution in [0.2, 0.25) is 20.1 Å². The molecule has 0 amide bonds. The Morgan fingerprint density at radius 3 is 1.87 bits per heavy atom. The minimum absolute atomic E-state index is 0.000545. The van der Waals surface area contributed by atoms with Crippen LogP contribution < -0.4 is 5.64 Å². The highest BCUT2D eigenvalue weighted by Crippen LogP contribution is 2.20.